The molecule has 0 amide bonds. The molecule has 1 N–H and O–H groups in total. The van der Waals surface area contributed by atoms with E-state index in [4.69, 9.17) is 4.99 Å². The zero-order valence-corrected chi connectivity index (χ0v) is 15.5. The van der Waals surface area contributed by atoms with Crippen molar-refractivity contribution in [2.24, 2.45) is 10.4 Å². The zero-order valence-electron chi connectivity index (χ0n) is 14.7. The van der Waals surface area contributed by atoms with Crippen LogP contribution in [0.5, 0.6) is 0 Å². The standard InChI is InChI=1S/C21H24N2OS/c1-20(2)14-22-19-23(15-20)21(24,13-16-9-5-3-6-10-16)18(25-19)17-11-7-4-8-12-17/h3-12,18,24H,13-15H2,1-2H3. The minimum atomic E-state index is -0.968. The van der Waals surface area contributed by atoms with Crippen molar-refractivity contribution >= 4 is 16.9 Å². The molecular weight excluding hydrogens is 328 g/mol. The first-order valence-electron chi connectivity index (χ1n) is 8.78. The lowest BCUT2D eigenvalue weighted by Gasteiger charge is -2.43. The van der Waals surface area contributed by atoms with E-state index in [-0.39, 0.29) is 10.7 Å². The topological polar surface area (TPSA) is 35.8 Å². The first-order valence-corrected chi connectivity index (χ1v) is 9.66. The second-order valence-electron chi connectivity index (χ2n) is 7.80. The molecule has 0 aliphatic carbocycles. The first-order chi connectivity index (χ1) is 12.0. The monoisotopic (exact) mass is 352 g/mol. The molecule has 2 heterocycles. The molecule has 0 aromatic heterocycles. The fourth-order valence-corrected chi connectivity index (χ4v) is 5.10. The number of fused-ring (bicyclic) bond motifs is 1. The van der Waals surface area contributed by atoms with Crippen LogP contribution in [0.2, 0.25) is 0 Å². The molecule has 2 aromatic rings. The third-order valence-electron chi connectivity index (χ3n) is 4.98. The Bertz CT molecular complexity index is 775. The summed E-state index contributed by atoms with van der Waals surface area (Å²) in [6, 6.07) is 20.6. The first kappa shape index (κ1) is 16.7. The van der Waals surface area contributed by atoms with Gasteiger partial charge in [-0.1, -0.05) is 86.3 Å². The number of nitrogens with zero attached hydrogens (tertiary/aromatic N) is 2. The second-order valence-corrected chi connectivity index (χ2v) is 8.87. The van der Waals surface area contributed by atoms with Crippen molar-refractivity contribution in [1.82, 2.24) is 4.90 Å². The number of benzene rings is 2. The molecule has 2 aliphatic rings. The van der Waals surface area contributed by atoms with Gasteiger partial charge in [0.1, 0.15) is 0 Å². The van der Waals surface area contributed by atoms with Crippen LogP contribution in [0, 0.1) is 5.41 Å². The van der Waals surface area contributed by atoms with Crippen molar-refractivity contribution in [2.75, 3.05) is 13.1 Å². The van der Waals surface area contributed by atoms with Crippen LogP contribution in [0.25, 0.3) is 0 Å². The molecule has 4 heteroatoms. The molecule has 1 fully saturated rings. The molecule has 1 saturated heterocycles. The van der Waals surface area contributed by atoms with Gasteiger partial charge in [0.15, 0.2) is 10.9 Å². The third-order valence-corrected chi connectivity index (χ3v) is 6.43. The summed E-state index contributed by atoms with van der Waals surface area (Å²) in [6.45, 7) is 6.08. The van der Waals surface area contributed by atoms with Gasteiger partial charge < -0.3 is 10.0 Å². The molecule has 2 unspecified atom stereocenters. The van der Waals surface area contributed by atoms with Crippen LogP contribution >= 0.6 is 11.8 Å². The van der Waals surface area contributed by atoms with Gasteiger partial charge in [0.2, 0.25) is 0 Å². The van der Waals surface area contributed by atoms with Crippen LogP contribution < -0.4 is 0 Å². The number of amidine groups is 1. The molecule has 2 aromatic carbocycles. The largest absolute Gasteiger partial charge is 0.369 e. The number of aliphatic hydroxyl groups is 1. The Balaban J connectivity index is 1.76. The van der Waals surface area contributed by atoms with Crippen molar-refractivity contribution in [3.63, 3.8) is 0 Å². The second kappa shape index (κ2) is 6.19. The molecule has 130 valence electrons. The van der Waals surface area contributed by atoms with E-state index < -0.39 is 5.72 Å². The Morgan fingerprint density at radius 3 is 2.40 bits per heavy atom. The molecule has 0 saturated carbocycles. The minimum Gasteiger partial charge on any atom is -0.369 e. The van der Waals surface area contributed by atoms with E-state index in [0.717, 1.165) is 29.4 Å². The normalized spacial score (nSPS) is 27.7. The molecule has 25 heavy (non-hydrogen) atoms. The summed E-state index contributed by atoms with van der Waals surface area (Å²) in [4.78, 5) is 6.95. The van der Waals surface area contributed by atoms with Gasteiger partial charge in [-0.05, 0) is 11.1 Å². The highest BCUT2D eigenvalue weighted by molar-refractivity contribution is 8.14. The summed E-state index contributed by atoms with van der Waals surface area (Å²) in [5.41, 5.74) is 1.40. The fraction of sp³-hybridized carbons (Fsp3) is 0.381. The van der Waals surface area contributed by atoms with Crippen LogP contribution in [0.15, 0.2) is 65.7 Å². The highest BCUT2D eigenvalue weighted by Crippen LogP contribution is 2.52. The predicted octanol–water partition coefficient (Wildman–Crippen LogP) is 4.10. The van der Waals surface area contributed by atoms with E-state index in [1.165, 1.54) is 0 Å². The van der Waals surface area contributed by atoms with Gasteiger partial charge in [0.05, 0.1) is 5.25 Å². The third kappa shape index (κ3) is 3.09. The van der Waals surface area contributed by atoms with Crippen LogP contribution in [-0.4, -0.2) is 34.0 Å². The van der Waals surface area contributed by atoms with E-state index in [1.54, 1.807) is 11.8 Å². The fourth-order valence-electron chi connectivity index (χ4n) is 3.70. The Kier molecular flexibility index (Phi) is 4.13. The van der Waals surface area contributed by atoms with Gasteiger partial charge in [-0.2, -0.15) is 0 Å². The van der Waals surface area contributed by atoms with Crippen molar-refractivity contribution < 1.29 is 5.11 Å². The van der Waals surface area contributed by atoms with Crippen molar-refractivity contribution in [3.8, 4) is 0 Å². The quantitative estimate of drug-likeness (QED) is 0.903. The SMILES string of the molecule is CC1(C)CN=C2SC(c3ccccc3)C(O)(Cc3ccccc3)N2C1. The van der Waals surface area contributed by atoms with E-state index >= 15 is 0 Å². The summed E-state index contributed by atoms with van der Waals surface area (Å²) in [5.74, 6) is 0. The van der Waals surface area contributed by atoms with Gasteiger partial charge in [-0.15, -0.1) is 0 Å². The average Bonchev–Trinajstić information content (AvgIpc) is 2.88. The van der Waals surface area contributed by atoms with E-state index in [2.05, 4.69) is 43.0 Å². The van der Waals surface area contributed by atoms with Crippen LogP contribution in [0.4, 0.5) is 0 Å². The number of rotatable bonds is 3. The maximum atomic E-state index is 11.9. The van der Waals surface area contributed by atoms with Gasteiger partial charge in [-0.25, -0.2) is 0 Å². The molecule has 2 atom stereocenters. The number of aliphatic imine (C=N–C) groups is 1. The average molecular weight is 353 g/mol. The molecule has 3 nitrogen and oxygen atoms in total. The smallest absolute Gasteiger partial charge is 0.162 e. The maximum Gasteiger partial charge on any atom is 0.162 e. The molecule has 4 rings (SSSR count). The summed E-state index contributed by atoms with van der Waals surface area (Å²) < 4.78 is 0. The maximum absolute atomic E-state index is 11.9. The minimum absolute atomic E-state index is 0.0402. The van der Waals surface area contributed by atoms with Gasteiger partial charge >= 0.3 is 0 Å². The van der Waals surface area contributed by atoms with Crippen molar-refractivity contribution in [1.29, 1.82) is 0 Å². The van der Waals surface area contributed by atoms with Crippen LogP contribution in [-0.2, 0) is 6.42 Å². The Labute approximate surface area is 153 Å². The lowest BCUT2D eigenvalue weighted by molar-refractivity contribution is -0.0781. The summed E-state index contributed by atoms with van der Waals surface area (Å²) >= 11 is 1.70. The predicted molar refractivity (Wildman–Crippen MR) is 105 cm³/mol. The zero-order chi connectivity index (χ0) is 17.5. The molecular formula is C21H24N2OS. The number of thioether (sulfide) groups is 1. The lowest BCUT2D eigenvalue weighted by atomic mass is 9.87. The van der Waals surface area contributed by atoms with Crippen LogP contribution in [0.3, 0.4) is 0 Å². The van der Waals surface area contributed by atoms with E-state index in [9.17, 15) is 5.11 Å². The van der Waals surface area contributed by atoms with Gasteiger partial charge in [0, 0.05) is 24.9 Å². The summed E-state index contributed by atoms with van der Waals surface area (Å²) in [7, 11) is 0. The highest BCUT2D eigenvalue weighted by atomic mass is 32.2. The van der Waals surface area contributed by atoms with Gasteiger partial charge in [-0.3, -0.25) is 4.99 Å². The Hall–Kier alpha value is -1.78. The number of hydrogen-bond acceptors (Lipinski definition) is 4. The van der Waals surface area contributed by atoms with Gasteiger partial charge in [0.25, 0.3) is 0 Å². The summed E-state index contributed by atoms with van der Waals surface area (Å²) in [5, 5.41) is 12.8. The molecule has 2 aliphatic heterocycles. The molecule has 0 spiro atoms. The highest BCUT2D eigenvalue weighted by Gasteiger charge is 2.54. The van der Waals surface area contributed by atoms with E-state index in [1.807, 2.05) is 36.4 Å². The number of hydrogen-bond donors (Lipinski definition) is 1. The Morgan fingerprint density at radius 1 is 1.08 bits per heavy atom. The summed E-state index contributed by atoms with van der Waals surface area (Å²) in [6.07, 6.45) is 0.593. The lowest BCUT2D eigenvalue weighted by Crippen LogP contribution is -2.55. The van der Waals surface area contributed by atoms with Crippen molar-refractivity contribution in [3.05, 3.63) is 71.8 Å². The van der Waals surface area contributed by atoms with Crippen molar-refractivity contribution in [2.45, 2.75) is 31.2 Å². The van der Waals surface area contributed by atoms with E-state index in [0.29, 0.717) is 6.42 Å². The van der Waals surface area contributed by atoms with Crippen LogP contribution in [0.1, 0.15) is 30.2 Å². The molecule has 0 radical (unpaired) electrons. The molecule has 0 bridgehead atoms. The Morgan fingerprint density at radius 2 is 1.72 bits per heavy atom.